The number of halogens is 3. The molecule has 2 aromatic rings. The molecule has 0 unspecified atom stereocenters. The third-order valence-corrected chi connectivity index (χ3v) is 2.64. The molecular formula is C10H4F3N3O3. The normalized spacial score (nSPS) is 10.7. The topological polar surface area (TPSA) is 88.0 Å². The number of rotatable bonds is 0. The molecule has 2 rings (SSSR count). The van der Waals surface area contributed by atoms with Crippen LogP contribution in [0.25, 0.3) is 11.0 Å². The molecule has 0 saturated carbocycles. The lowest BCUT2D eigenvalue weighted by molar-refractivity contribution is 0.179. The van der Waals surface area contributed by atoms with Crippen molar-refractivity contribution in [1.82, 2.24) is 9.52 Å². The zero-order valence-corrected chi connectivity index (χ0v) is 9.24. The van der Waals surface area contributed by atoms with E-state index < -0.39 is 54.4 Å². The molecule has 9 heteroatoms. The SMILES string of the molecule is Cc1c(C#N)c(F)c2c(c1F)n(F)c(=O)c(=O)n2O. The zero-order chi connectivity index (χ0) is 14.5. The summed E-state index contributed by atoms with van der Waals surface area (Å²) in [6.45, 7) is 0.994. The molecule has 0 aliphatic heterocycles. The van der Waals surface area contributed by atoms with Crippen LogP contribution in [0.2, 0.25) is 0 Å². The van der Waals surface area contributed by atoms with Crippen molar-refractivity contribution in [3.63, 3.8) is 0 Å². The Morgan fingerprint density at radius 1 is 1.16 bits per heavy atom. The van der Waals surface area contributed by atoms with Gasteiger partial charge in [-0.15, -0.1) is 9.52 Å². The lowest BCUT2D eigenvalue weighted by atomic mass is 10.1. The molecule has 1 N–H and O–H groups in total. The minimum Gasteiger partial charge on any atom is -0.424 e. The monoisotopic (exact) mass is 271 g/mol. The zero-order valence-electron chi connectivity index (χ0n) is 9.24. The fraction of sp³-hybridized carbons (Fsp3) is 0.100. The number of aromatic nitrogens is 2. The molecular weight excluding hydrogens is 267 g/mol. The number of nitrogens with zero attached hydrogens (tertiary/aromatic N) is 3. The molecule has 19 heavy (non-hydrogen) atoms. The molecule has 1 aromatic carbocycles. The summed E-state index contributed by atoms with van der Waals surface area (Å²) in [7, 11) is 0. The van der Waals surface area contributed by atoms with Gasteiger partial charge in [-0.3, -0.25) is 9.59 Å². The van der Waals surface area contributed by atoms with Gasteiger partial charge in [0.25, 0.3) is 0 Å². The summed E-state index contributed by atoms with van der Waals surface area (Å²) in [5.74, 6) is -2.92. The van der Waals surface area contributed by atoms with Crippen molar-refractivity contribution in [2.45, 2.75) is 6.92 Å². The number of fused-ring (bicyclic) bond motifs is 1. The van der Waals surface area contributed by atoms with E-state index in [-0.39, 0.29) is 0 Å². The van der Waals surface area contributed by atoms with Gasteiger partial charge in [-0.1, -0.05) is 4.48 Å². The molecule has 0 fully saturated rings. The Kier molecular flexibility index (Phi) is 2.59. The van der Waals surface area contributed by atoms with E-state index in [2.05, 4.69) is 0 Å². The van der Waals surface area contributed by atoms with Gasteiger partial charge in [0.05, 0.1) is 5.56 Å². The van der Waals surface area contributed by atoms with Crippen molar-refractivity contribution in [2.75, 3.05) is 0 Å². The van der Waals surface area contributed by atoms with Gasteiger partial charge >= 0.3 is 11.1 Å². The quantitative estimate of drug-likeness (QED) is 0.561. The van der Waals surface area contributed by atoms with Crippen molar-refractivity contribution in [3.8, 4) is 6.07 Å². The molecule has 0 spiro atoms. The Morgan fingerprint density at radius 3 is 2.26 bits per heavy atom. The van der Waals surface area contributed by atoms with Crippen LogP contribution in [0.4, 0.5) is 13.3 Å². The third kappa shape index (κ3) is 1.43. The Morgan fingerprint density at radius 2 is 1.74 bits per heavy atom. The number of benzene rings is 1. The van der Waals surface area contributed by atoms with Gasteiger partial charge in [0.15, 0.2) is 17.2 Å². The fourth-order valence-corrected chi connectivity index (χ4v) is 1.66. The molecule has 0 bridgehead atoms. The first-order chi connectivity index (χ1) is 8.82. The van der Waals surface area contributed by atoms with E-state index in [4.69, 9.17) is 5.26 Å². The third-order valence-electron chi connectivity index (χ3n) is 2.64. The van der Waals surface area contributed by atoms with Gasteiger partial charge in [-0.2, -0.15) is 5.26 Å². The predicted octanol–water partition coefficient (Wildman–Crippen LogP) is 0.591. The molecule has 6 nitrogen and oxygen atoms in total. The van der Waals surface area contributed by atoms with Crippen molar-refractivity contribution in [2.24, 2.45) is 0 Å². The highest BCUT2D eigenvalue weighted by Gasteiger charge is 2.25. The minimum absolute atomic E-state index is 0.521. The van der Waals surface area contributed by atoms with Crippen LogP contribution in [0, 0.1) is 29.9 Å². The van der Waals surface area contributed by atoms with Crippen molar-refractivity contribution in [3.05, 3.63) is 43.5 Å². The van der Waals surface area contributed by atoms with Crippen LogP contribution in [0.15, 0.2) is 9.59 Å². The maximum atomic E-state index is 13.9. The highest BCUT2D eigenvalue weighted by Crippen LogP contribution is 2.25. The van der Waals surface area contributed by atoms with Crippen molar-refractivity contribution < 1.29 is 18.5 Å². The molecule has 1 heterocycles. The molecule has 0 atom stereocenters. The molecule has 0 aliphatic carbocycles. The molecule has 0 aliphatic rings. The second-order valence-corrected chi connectivity index (χ2v) is 3.64. The van der Waals surface area contributed by atoms with Crippen LogP contribution in [0.5, 0.6) is 0 Å². The Labute approximate surface area is 102 Å². The van der Waals surface area contributed by atoms with Crippen LogP contribution in [0.3, 0.4) is 0 Å². The van der Waals surface area contributed by atoms with Crippen LogP contribution < -0.4 is 11.1 Å². The van der Waals surface area contributed by atoms with E-state index in [9.17, 15) is 28.1 Å². The van der Waals surface area contributed by atoms with Crippen LogP contribution >= 0.6 is 0 Å². The molecule has 0 amide bonds. The highest BCUT2D eigenvalue weighted by molar-refractivity contribution is 5.79. The van der Waals surface area contributed by atoms with Gasteiger partial charge in [0, 0.05) is 5.56 Å². The maximum absolute atomic E-state index is 13.9. The smallest absolute Gasteiger partial charge is 0.351 e. The summed E-state index contributed by atoms with van der Waals surface area (Å²) in [5, 5.41) is 18.0. The van der Waals surface area contributed by atoms with E-state index in [1.54, 1.807) is 0 Å². The van der Waals surface area contributed by atoms with Gasteiger partial charge in [-0.05, 0) is 6.92 Å². The Hall–Kier alpha value is -2.76. The summed E-state index contributed by atoms with van der Waals surface area (Å²) < 4.78 is 40.7. The van der Waals surface area contributed by atoms with E-state index in [0.29, 0.717) is 0 Å². The second-order valence-electron chi connectivity index (χ2n) is 3.64. The fourth-order valence-electron chi connectivity index (χ4n) is 1.66. The summed E-state index contributed by atoms with van der Waals surface area (Å²) in [4.78, 5) is 21.3. The lowest BCUT2D eigenvalue weighted by Gasteiger charge is -2.10. The first kappa shape index (κ1) is 12.7. The number of hydrogen-bond acceptors (Lipinski definition) is 4. The standard InChI is InChI=1S/C10H4F3N3O3/c1-3-4(2-14)6(12)8-7(5(3)11)15(13)9(17)10(18)16(8)19/h19H,1H3. The van der Waals surface area contributed by atoms with Crippen molar-refractivity contribution in [1.29, 1.82) is 5.26 Å². The lowest BCUT2D eigenvalue weighted by Crippen LogP contribution is -2.39. The largest absolute Gasteiger partial charge is 0.424 e. The van der Waals surface area contributed by atoms with Crippen LogP contribution in [0.1, 0.15) is 11.1 Å². The molecule has 1 aromatic heterocycles. The summed E-state index contributed by atoms with van der Waals surface area (Å²) in [6.07, 6.45) is 0. The van der Waals surface area contributed by atoms with Gasteiger partial charge in [0.2, 0.25) is 0 Å². The van der Waals surface area contributed by atoms with Gasteiger partial charge < -0.3 is 5.21 Å². The Balaban J connectivity index is 3.34. The van der Waals surface area contributed by atoms with E-state index >= 15 is 0 Å². The number of nitriles is 1. The average Bonchev–Trinajstić information content (AvgIpc) is 2.38. The maximum Gasteiger partial charge on any atom is 0.351 e. The summed E-state index contributed by atoms with van der Waals surface area (Å²) in [5.41, 5.74) is -7.49. The molecule has 0 saturated heterocycles. The molecule has 0 radical (unpaired) electrons. The first-order valence-corrected chi connectivity index (χ1v) is 4.77. The van der Waals surface area contributed by atoms with Crippen molar-refractivity contribution >= 4 is 11.0 Å². The van der Waals surface area contributed by atoms with Crippen LogP contribution in [-0.4, -0.2) is 14.7 Å². The van der Waals surface area contributed by atoms with Crippen LogP contribution in [-0.2, 0) is 0 Å². The minimum atomic E-state index is -1.88. The summed E-state index contributed by atoms with van der Waals surface area (Å²) in [6, 6.07) is 1.33. The summed E-state index contributed by atoms with van der Waals surface area (Å²) >= 11 is 0. The van der Waals surface area contributed by atoms with E-state index in [0.717, 1.165) is 6.92 Å². The number of hydrogen-bond donors (Lipinski definition) is 1. The van der Waals surface area contributed by atoms with E-state index in [1.165, 1.54) is 6.07 Å². The Bertz CT molecular complexity index is 876. The second kappa shape index (κ2) is 3.88. The van der Waals surface area contributed by atoms with E-state index in [1.807, 2.05) is 0 Å². The van der Waals surface area contributed by atoms with Gasteiger partial charge in [-0.25, -0.2) is 8.78 Å². The first-order valence-electron chi connectivity index (χ1n) is 4.77. The predicted molar refractivity (Wildman–Crippen MR) is 55.5 cm³/mol. The average molecular weight is 271 g/mol. The van der Waals surface area contributed by atoms with Gasteiger partial charge in [0.1, 0.15) is 11.6 Å². The highest BCUT2D eigenvalue weighted by atomic mass is 19.2. The molecule has 98 valence electrons.